The van der Waals surface area contributed by atoms with Gasteiger partial charge >= 0.3 is 0 Å². The van der Waals surface area contributed by atoms with Crippen LogP contribution >= 0.6 is 11.3 Å². The van der Waals surface area contributed by atoms with Crippen LogP contribution in [0.4, 0.5) is 11.5 Å². The number of nitrogens with zero attached hydrogens (tertiary/aromatic N) is 1. The summed E-state index contributed by atoms with van der Waals surface area (Å²) in [5, 5.41) is 5.49. The summed E-state index contributed by atoms with van der Waals surface area (Å²) >= 11 is 1.75. The van der Waals surface area contributed by atoms with Crippen molar-refractivity contribution in [1.82, 2.24) is 4.98 Å². The lowest BCUT2D eigenvalue weighted by atomic mass is 10.2. The van der Waals surface area contributed by atoms with Crippen molar-refractivity contribution in [3.05, 3.63) is 40.2 Å². The second-order valence-corrected chi connectivity index (χ2v) is 5.05. The van der Waals surface area contributed by atoms with Gasteiger partial charge < -0.3 is 11.1 Å². The maximum Gasteiger partial charge on any atom is 0.149 e. The van der Waals surface area contributed by atoms with Gasteiger partial charge in [-0.2, -0.15) is 0 Å². The van der Waals surface area contributed by atoms with Gasteiger partial charge in [0.05, 0.1) is 11.7 Å². The highest BCUT2D eigenvalue weighted by molar-refractivity contribution is 7.10. The number of rotatable bonds is 4. The molecule has 1 atom stereocenters. The van der Waals surface area contributed by atoms with Gasteiger partial charge in [-0.1, -0.05) is 13.0 Å². The predicted molar refractivity (Wildman–Crippen MR) is 74.4 cm³/mol. The molecule has 2 aromatic heterocycles. The van der Waals surface area contributed by atoms with Crippen LogP contribution in [0.1, 0.15) is 29.8 Å². The molecule has 0 saturated heterocycles. The molecule has 0 bridgehead atoms. The van der Waals surface area contributed by atoms with Crippen molar-refractivity contribution in [3.8, 4) is 0 Å². The third kappa shape index (κ3) is 2.77. The summed E-state index contributed by atoms with van der Waals surface area (Å²) in [7, 11) is 0. The highest BCUT2D eigenvalue weighted by atomic mass is 32.1. The molecule has 0 radical (unpaired) electrons. The zero-order valence-corrected chi connectivity index (χ0v) is 10.9. The molecule has 2 heterocycles. The molecule has 0 aromatic carbocycles. The fourth-order valence-electron chi connectivity index (χ4n) is 1.74. The van der Waals surface area contributed by atoms with Crippen molar-refractivity contribution >= 4 is 22.8 Å². The summed E-state index contributed by atoms with van der Waals surface area (Å²) in [6.45, 7) is 4.14. The Morgan fingerprint density at radius 3 is 2.94 bits per heavy atom. The first-order chi connectivity index (χ1) is 8.20. The summed E-state index contributed by atoms with van der Waals surface area (Å²) in [5.74, 6) is 0.774. The molecule has 0 amide bonds. The number of hydrogen-bond donors (Lipinski definition) is 2. The molecule has 0 saturated carbocycles. The maximum atomic E-state index is 5.96. The predicted octanol–water partition coefficient (Wildman–Crippen LogP) is 3.60. The van der Waals surface area contributed by atoms with Crippen LogP contribution in [0.3, 0.4) is 0 Å². The minimum atomic E-state index is 0.285. The molecule has 90 valence electrons. The fourth-order valence-corrected chi connectivity index (χ4v) is 2.60. The largest absolute Gasteiger partial charge is 0.396 e. The van der Waals surface area contributed by atoms with E-state index < -0.39 is 0 Å². The van der Waals surface area contributed by atoms with Crippen molar-refractivity contribution in [3.63, 3.8) is 0 Å². The quantitative estimate of drug-likeness (QED) is 0.868. The third-order valence-corrected chi connectivity index (χ3v) is 3.65. The summed E-state index contributed by atoms with van der Waals surface area (Å²) in [6, 6.07) is 6.43. The number of pyridine rings is 1. The van der Waals surface area contributed by atoms with Crippen molar-refractivity contribution in [2.45, 2.75) is 26.3 Å². The van der Waals surface area contributed by atoms with E-state index in [2.05, 4.69) is 34.7 Å². The second-order valence-electron chi connectivity index (χ2n) is 4.07. The number of nitrogen functional groups attached to an aromatic ring is 1. The van der Waals surface area contributed by atoms with E-state index in [0.29, 0.717) is 5.69 Å². The molecular weight excluding hydrogens is 230 g/mol. The molecule has 0 spiro atoms. The van der Waals surface area contributed by atoms with Crippen LogP contribution in [0.2, 0.25) is 0 Å². The molecule has 17 heavy (non-hydrogen) atoms. The van der Waals surface area contributed by atoms with Crippen LogP contribution in [-0.2, 0) is 0 Å². The Balaban J connectivity index is 2.19. The fraction of sp³-hybridized carbons (Fsp3) is 0.308. The maximum absolute atomic E-state index is 5.96. The molecule has 0 aliphatic carbocycles. The van der Waals surface area contributed by atoms with Crippen LogP contribution < -0.4 is 11.1 Å². The SMILES string of the molecule is CCC(Nc1ncc(C)cc1N)c1cccs1. The van der Waals surface area contributed by atoms with Gasteiger partial charge in [0.25, 0.3) is 0 Å². The van der Waals surface area contributed by atoms with Gasteiger partial charge in [0.1, 0.15) is 5.82 Å². The van der Waals surface area contributed by atoms with Gasteiger partial charge in [-0.3, -0.25) is 0 Å². The van der Waals surface area contributed by atoms with Crippen molar-refractivity contribution in [2.75, 3.05) is 11.1 Å². The number of nitrogens with two attached hydrogens (primary N) is 1. The van der Waals surface area contributed by atoms with Crippen LogP contribution in [0, 0.1) is 6.92 Å². The van der Waals surface area contributed by atoms with E-state index in [-0.39, 0.29) is 6.04 Å². The molecule has 4 heteroatoms. The minimum absolute atomic E-state index is 0.285. The standard InChI is InChI=1S/C13H17N3S/c1-3-11(12-5-4-6-17-12)16-13-10(14)7-9(2)8-15-13/h4-8,11H,3,14H2,1-2H3,(H,15,16). The van der Waals surface area contributed by atoms with Crippen molar-refractivity contribution in [2.24, 2.45) is 0 Å². The average molecular weight is 247 g/mol. The lowest BCUT2D eigenvalue weighted by Gasteiger charge is -2.17. The zero-order chi connectivity index (χ0) is 12.3. The van der Waals surface area contributed by atoms with Gasteiger partial charge in [-0.15, -0.1) is 11.3 Å². The normalized spacial score (nSPS) is 12.4. The molecule has 0 aliphatic heterocycles. The van der Waals surface area contributed by atoms with Gasteiger partial charge in [0.2, 0.25) is 0 Å². The Labute approximate surface area is 106 Å². The smallest absolute Gasteiger partial charge is 0.149 e. The number of aromatic nitrogens is 1. The topological polar surface area (TPSA) is 50.9 Å². The van der Waals surface area contributed by atoms with Crippen LogP contribution in [0.15, 0.2) is 29.8 Å². The Morgan fingerprint density at radius 1 is 1.53 bits per heavy atom. The highest BCUT2D eigenvalue weighted by Crippen LogP contribution is 2.27. The zero-order valence-electron chi connectivity index (χ0n) is 10.1. The minimum Gasteiger partial charge on any atom is -0.396 e. The Bertz CT molecular complexity index is 479. The molecule has 3 nitrogen and oxygen atoms in total. The summed E-state index contributed by atoms with van der Waals surface area (Å²) in [6.07, 6.45) is 2.84. The molecule has 2 rings (SSSR count). The van der Waals surface area contributed by atoms with E-state index >= 15 is 0 Å². The summed E-state index contributed by atoms with van der Waals surface area (Å²) in [4.78, 5) is 5.66. The molecule has 3 N–H and O–H groups in total. The number of thiophene rings is 1. The van der Waals surface area contributed by atoms with Crippen molar-refractivity contribution < 1.29 is 0 Å². The number of aryl methyl sites for hydroxylation is 1. The van der Waals surface area contributed by atoms with Crippen LogP contribution in [0.5, 0.6) is 0 Å². The molecule has 0 aliphatic rings. The highest BCUT2D eigenvalue weighted by Gasteiger charge is 2.12. The van der Waals surface area contributed by atoms with Gasteiger partial charge in [0, 0.05) is 11.1 Å². The van der Waals surface area contributed by atoms with Gasteiger partial charge in [-0.25, -0.2) is 4.98 Å². The van der Waals surface area contributed by atoms with Gasteiger partial charge in [-0.05, 0) is 36.4 Å². The second kappa shape index (κ2) is 5.19. The van der Waals surface area contributed by atoms with E-state index in [1.54, 1.807) is 11.3 Å². The van der Waals surface area contributed by atoms with Gasteiger partial charge in [0.15, 0.2) is 0 Å². The monoisotopic (exact) mass is 247 g/mol. The molecule has 1 unspecified atom stereocenters. The lowest BCUT2D eigenvalue weighted by Crippen LogP contribution is -2.11. The van der Waals surface area contributed by atoms with E-state index in [1.807, 2.05) is 19.2 Å². The Morgan fingerprint density at radius 2 is 2.35 bits per heavy atom. The number of anilines is 2. The first-order valence-corrected chi connectivity index (χ1v) is 6.60. The van der Waals surface area contributed by atoms with E-state index in [4.69, 9.17) is 5.73 Å². The third-order valence-electron chi connectivity index (χ3n) is 2.66. The number of hydrogen-bond acceptors (Lipinski definition) is 4. The van der Waals surface area contributed by atoms with Crippen LogP contribution in [0.25, 0.3) is 0 Å². The van der Waals surface area contributed by atoms with Crippen molar-refractivity contribution in [1.29, 1.82) is 0 Å². The molecule has 0 fully saturated rings. The summed E-state index contributed by atoms with van der Waals surface area (Å²) < 4.78 is 0. The van der Waals surface area contributed by atoms with Crippen LogP contribution in [-0.4, -0.2) is 4.98 Å². The molecule has 2 aromatic rings. The number of nitrogens with one attached hydrogen (secondary N) is 1. The molecular formula is C13H17N3S. The average Bonchev–Trinajstić information content (AvgIpc) is 2.81. The Hall–Kier alpha value is -1.55. The Kier molecular flexibility index (Phi) is 3.64. The summed E-state index contributed by atoms with van der Waals surface area (Å²) in [5.41, 5.74) is 7.75. The van der Waals surface area contributed by atoms with E-state index in [9.17, 15) is 0 Å². The lowest BCUT2D eigenvalue weighted by molar-refractivity contribution is 0.759. The first-order valence-electron chi connectivity index (χ1n) is 5.72. The van der Waals surface area contributed by atoms with E-state index in [0.717, 1.165) is 17.8 Å². The van der Waals surface area contributed by atoms with E-state index in [1.165, 1.54) is 4.88 Å². The first kappa shape index (κ1) is 11.9.